The summed E-state index contributed by atoms with van der Waals surface area (Å²) in [5.74, 6) is -6.11. The molecule has 13 heteroatoms. The average Bonchev–Trinajstić information content (AvgIpc) is 3.15. The highest BCUT2D eigenvalue weighted by molar-refractivity contribution is 5.97. The van der Waals surface area contributed by atoms with Crippen LogP contribution >= 0.6 is 0 Å². The Bertz CT molecular complexity index is 756. The molecule has 4 atom stereocenters. The van der Waals surface area contributed by atoms with E-state index in [-0.39, 0.29) is 18.9 Å². The summed E-state index contributed by atoms with van der Waals surface area (Å²) in [5, 5.41) is 22.9. The van der Waals surface area contributed by atoms with Crippen LogP contribution in [0.2, 0.25) is 0 Å². The summed E-state index contributed by atoms with van der Waals surface area (Å²) in [5.41, 5.74) is 10.9. The van der Waals surface area contributed by atoms with Crippen molar-refractivity contribution in [2.24, 2.45) is 17.4 Å². The summed E-state index contributed by atoms with van der Waals surface area (Å²) in [6.45, 7) is 3.77. The third kappa shape index (κ3) is 8.13. The van der Waals surface area contributed by atoms with Gasteiger partial charge in [-0.25, -0.2) is 4.79 Å². The minimum Gasteiger partial charge on any atom is -0.481 e. The van der Waals surface area contributed by atoms with Gasteiger partial charge >= 0.3 is 11.9 Å². The van der Waals surface area contributed by atoms with Crippen LogP contribution < -0.4 is 22.1 Å². The summed E-state index contributed by atoms with van der Waals surface area (Å²) in [6, 6.07) is -5.19. The molecular weight excluding hydrogens is 426 g/mol. The molecule has 0 aromatic carbocycles. The van der Waals surface area contributed by atoms with Crippen molar-refractivity contribution in [1.82, 2.24) is 15.5 Å². The molecule has 0 aromatic rings. The van der Waals surface area contributed by atoms with Crippen LogP contribution in [0.3, 0.4) is 0 Å². The predicted molar refractivity (Wildman–Crippen MR) is 110 cm³/mol. The van der Waals surface area contributed by atoms with Crippen molar-refractivity contribution in [3.8, 4) is 0 Å². The van der Waals surface area contributed by atoms with Crippen molar-refractivity contribution in [3.63, 3.8) is 0 Å². The maximum Gasteiger partial charge on any atom is 0.326 e. The molecule has 1 saturated heterocycles. The summed E-state index contributed by atoms with van der Waals surface area (Å²) >= 11 is 0. The molecule has 0 radical (unpaired) electrons. The number of carboxylic acids is 2. The number of aliphatic carboxylic acids is 2. The lowest BCUT2D eigenvalue weighted by molar-refractivity contribution is -0.150. The zero-order chi connectivity index (χ0) is 24.6. The van der Waals surface area contributed by atoms with E-state index in [1.807, 2.05) is 13.8 Å². The number of carbonyl (C=O) groups is 6. The molecule has 0 saturated carbocycles. The highest BCUT2D eigenvalue weighted by Crippen LogP contribution is 2.19. The second kappa shape index (κ2) is 12.0. The van der Waals surface area contributed by atoms with E-state index >= 15 is 0 Å². The number of carboxylic acid groups (broad SMARTS) is 2. The van der Waals surface area contributed by atoms with Gasteiger partial charge in [0.1, 0.15) is 18.1 Å². The van der Waals surface area contributed by atoms with Crippen LogP contribution in [0.5, 0.6) is 0 Å². The monoisotopic (exact) mass is 457 g/mol. The summed E-state index contributed by atoms with van der Waals surface area (Å²) in [6.07, 6.45) is -0.504. The van der Waals surface area contributed by atoms with Gasteiger partial charge in [-0.3, -0.25) is 24.0 Å². The van der Waals surface area contributed by atoms with E-state index in [0.717, 1.165) is 4.90 Å². The van der Waals surface area contributed by atoms with Crippen molar-refractivity contribution >= 4 is 35.6 Å². The Kier molecular flexibility index (Phi) is 10.0. The van der Waals surface area contributed by atoms with Gasteiger partial charge in [-0.15, -0.1) is 0 Å². The largest absolute Gasteiger partial charge is 0.481 e. The van der Waals surface area contributed by atoms with E-state index in [1.165, 1.54) is 0 Å². The number of hydrogen-bond acceptors (Lipinski definition) is 7. The molecule has 32 heavy (non-hydrogen) atoms. The summed E-state index contributed by atoms with van der Waals surface area (Å²) in [7, 11) is 0. The molecule has 1 rings (SSSR count). The number of amides is 4. The molecule has 1 aliphatic rings. The van der Waals surface area contributed by atoms with Crippen molar-refractivity contribution in [2.75, 3.05) is 6.54 Å². The first-order valence-electron chi connectivity index (χ1n) is 10.2. The van der Waals surface area contributed by atoms with E-state index in [2.05, 4.69) is 10.6 Å². The molecule has 0 spiro atoms. The lowest BCUT2D eigenvalue weighted by Crippen LogP contribution is -2.58. The number of carbonyl (C=O) groups excluding carboxylic acids is 4. The minimum atomic E-state index is -1.57. The van der Waals surface area contributed by atoms with Gasteiger partial charge in [0, 0.05) is 6.54 Å². The average molecular weight is 457 g/mol. The van der Waals surface area contributed by atoms with Crippen LogP contribution in [0.1, 0.15) is 46.0 Å². The van der Waals surface area contributed by atoms with Gasteiger partial charge in [-0.05, 0) is 25.2 Å². The molecule has 1 fully saturated rings. The first-order valence-corrected chi connectivity index (χ1v) is 10.2. The first kappa shape index (κ1) is 26.8. The quantitative estimate of drug-likeness (QED) is 0.186. The fraction of sp³-hybridized carbons (Fsp3) is 0.684. The number of primary amides is 1. The standard InChI is InChI=1S/C19H31N5O8/c1-9(2)6-10(20)16(28)22-11(8-15(26)27)17(29)23-12(7-14(21)25)18(30)24-5-3-4-13(24)19(31)32/h9-13H,3-8,20H2,1-2H3,(H2,21,25)(H,22,28)(H,23,29)(H,26,27)(H,31,32). The Balaban J connectivity index is 3.01. The highest BCUT2D eigenvalue weighted by atomic mass is 16.4. The minimum absolute atomic E-state index is 0.0720. The first-order chi connectivity index (χ1) is 14.8. The van der Waals surface area contributed by atoms with Crippen LogP contribution in [-0.2, 0) is 28.8 Å². The predicted octanol–water partition coefficient (Wildman–Crippen LogP) is -2.24. The van der Waals surface area contributed by atoms with E-state index in [4.69, 9.17) is 16.6 Å². The number of nitrogens with two attached hydrogens (primary N) is 2. The normalized spacial score (nSPS) is 18.5. The van der Waals surface area contributed by atoms with Gasteiger partial charge in [-0.1, -0.05) is 13.8 Å². The lowest BCUT2D eigenvalue weighted by atomic mass is 10.0. The Morgan fingerprint density at radius 3 is 2.09 bits per heavy atom. The number of hydrogen-bond donors (Lipinski definition) is 6. The fourth-order valence-corrected chi connectivity index (χ4v) is 3.44. The summed E-state index contributed by atoms with van der Waals surface area (Å²) in [4.78, 5) is 72.9. The molecule has 1 heterocycles. The Morgan fingerprint density at radius 2 is 1.59 bits per heavy atom. The Hall–Kier alpha value is -3.22. The number of nitrogens with one attached hydrogen (secondary N) is 2. The van der Waals surface area contributed by atoms with Gasteiger partial charge in [0.05, 0.1) is 18.9 Å². The molecule has 0 bridgehead atoms. The molecule has 0 aromatic heterocycles. The number of rotatable bonds is 12. The van der Waals surface area contributed by atoms with Crippen LogP contribution in [0.25, 0.3) is 0 Å². The maximum absolute atomic E-state index is 12.8. The third-order valence-electron chi connectivity index (χ3n) is 4.91. The van der Waals surface area contributed by atoms with Crippen LogP contribution in [0.15, 0.2) is 0 Å². The van der Waals surface area contributed by atoms with E-state index in [1.54, 1.807) is 0 Å². The second-order valence-corrected chi connectivity index (χ2v) is 8.15. The lowest BCUT2D eigenvalue weighted by Gasteiger charge is -2.28. The molecule has 4 unspecified atom stereocenters. The topological polar surface area (TPSA) is 222 Å². The van der Waals surface area contributed by atoms with E-state index in [0.29, 0.717) is 12.8 Å². The molecule has 180 valence electrons. The third-order valence-corrected chi connectivity index (χ3v) is 4.91. The van der Waals surface area contributed by atoms with Crippen molar-refractivity contribution < 1.29 is 39.0 Å². The highest BCUT2D eigenvalue weighted by Gasteiger charge is 2.39. The van der Waals surface area contributed by atoms with Crippen LogP contribution in [0.4, 0.5) is 0 Å². The fourth-order valence-electron chi connectivity index (χ4n) is 3.44. The molecule has 1 aliphatic heterocycles. The van der Waals surface area contributed by atoms with E-state index in [9.17, 15) is 33.9 Å². The second-order valence-electron chi connectivity index (χ2n) is 8.15. The smallest absolute Gasteiger partial charge is 0.326 e. The van der Waals surface area contributed by atoms with E-state index < -0.39 is 72.6 Å². The van der Waals surface area contributed by atoms with Gasteiger partial charge in [0.25, 0.3) is 0 Å². The molecule has 4 amide bonds. The van der Waals surface area contributed by atoms with Crippen LogP contribution in [-0.4, -0.2) is 81.4 Å². The van der Waals surface area contributed by atoms with Crippen LogP contribution in [0, 0.1) is 5.92 Å². The summed E-state index contributed by atoms with van der Waals surface area (Å²) < 4.78 is 0. The van der Waals surface area contributed by atoms with Gasteiger partial charge in [0.15, 0.2) is 0 Å². The van der Waals surface area contributed by atoms with Crippen molar-refractivity contribution in [2.45, 2.75) is 70.1 Å². The number of likely N-dealkylation sites (tertiary alicyclic amines) is 1. The SMILES string of the molecule is CC(C)CC(N)C(=O)NC(CC(=O)O)C(=O)NC(CC(N)=O)C(=O)N1CCCC1C(=O)O. The molecule has 13 nitrogen and oxygen atoms in total. The zero-order valence-corrected chi connectivity index (χ0v) is 18.1. The van der Waals surface area contributed by atoms with Crippen molar-refractivity contribution in [3.05, 3.63) is 0 Å². The van der Waals surface area contributed by atoms with Crippen molar-refractivity contribution in [1.29, 1.82) is 0 Å². The number of nitrogens with zero attached hydrogens (tertiary/aromatic N) is 1. The molecular formula is C19H31N5O8. The molecule has 0 aliphatic carbocycles. The maximum atomic E-state index is 12.8. The van der Waals surface area contributed by atoms with Gasteiger partial charge < -0.3 is 37.2 Å². The van der Waals surface area contributed by atoms with Gasteiger partial charge in [0.2, 0.25) is 23.6 Å². The Morgan fingerprint density at radius 1 is 1.00 bits per heavy atom. The molecule has 8 N–H and O–H groups in total. The van der Waals surface area contributed by atoms with Gasteiger partial charge in [-0.2, -0.15) is 0 Å². The zero-order valence-electron chi connectivity index (χ0n) is 18.1. The Labute approximate surface area is 184 Å².